The molecule has 0 spiro atoms. The molecule has 0 aromatic heterocycles. The molecule has 1 saturated carbocycles. The number of ether oxygens (including phenoxy) is 1. The van der Waals surface area contributed by atoms with Gasteiger partial charge in [-0.15, -0.1) is 0 Å². The van der Waals surface area contributed by atoms with Gasteiger partial charge in [0.15, 0.2) is 5.69 Å². The van der Waals surface area contributed by atoms with Gasteiger partial charge in [0.25, 0.3) is 5.69 Å². The van der Waals surface area contributed by atoms with Crippen molar-refractivity contribution in [3.63, 3.8) is 0 Å². The van der Waals surface area contributed by atoms with Gasteiger partial charge in [-0.05, 0) is 18.9 Å². The molecular formula is C10H11BrN2O3. The normalized spacial score (nSPS) is 14.6. The van der Waals surface area contributed by atoms with Gasteiger partial charge in [0.2, 0.25) is 0 Å². The van der Waals surface area contributed by atoms with Crippen molar-refractivity contribution in [1.82, 2.24) is 0 Å². The highest BCUT2D eigenvalue weighted by Crippen LogP contribution is 2.40. The zero-order valence-corrected chi connectivity index (χ0v) is 10.3. The van der Waals surface area contributed by atoms with Crippen LogP contribution < -0.4 is 10.1 Å². The average molecular weight is 287 g/mol. The molecule has 0 heterocycles. The topological polar surface area (TPSA) is 64.4 Å². The van der Waals surface area contributed by atoms with Crippen LogP contribution in [-0.2, 0) is 0 Å². The van der Waals surface area contributed by atoms with E-state index in [1.54, 1.807) is 6.07 Å². The quantitative estimate of drug-likeness (QED) is 0.683. The number of rotatable bonds is 4. The first-order chi connectivity index (χ1) is 7.61. The zero-order chi connectivity index (χ0) is 11.7. The number of nitro benzene ring substituents is 1. The van der Waals surface area contributed by atoms with Crippen LogP contribution in [0.15, 0.2) is 16.6 Å². The summed E-state index contributed by atoms with van der Waals surface area (Å²) in [6, 6.07) is 3.54. The Kier molecular flexibility index (Phi) is 3.00. The monoisotopic (exact) mass is 286 g/mol. The highest BCUT2D eigenvalue weighted by atomic mass is 79.9. The third-order valence-electron chi connectivity index (χ3n) is 2.39. The molecule has 0 aliphatic heterocycles. The number of hydrogen-bond acceptors (Lipinski definition) is 4. The molecule has 0 bridgehead atoms. The van der Waals surface area contributed by atoms with E-state index in [2.05, 4.69) is 21.2 Å². The third kappa shape index (κ3) is 2.27. The van der Waals surface area contributed by atoms with E-state index in [0.29, 0.717) is 22.0 Å². The van der Waals surface area contributed by atoms with Crippen molar-refractivity contribution in [1.29, 1.82) is 0 Å². The number of methoxy groups -OCH3 is 1. The fourth-order valence-electron chi connectivity index (χ4n) is 1.45. The van der Waals surface area contributed by atoms with Gasteiger partial charge in [0, 0.05) is 16.6 Å². The highest BCUT2D eigenvalue weighted by Gasteiger charge is 2.27. The average Bonchev–Trinajstić information content (AvgIpc) is 3.03. The first-order valence-electron chi connectivity index (χ1n) is 4.90. The molecule has 1 fully saturated rings. The summed E-state index contributed by atoms with van der Waals surface area (Å²) in [5.41, 5.74) is 0.510. The van der Waals surface area contributed by atoms with Gasteiger partial charge in [-0.25, -0.2) is 0 Å². The van der Waals surface area contributed by atoms with E-state index < -0.39 is 4.92 Å². The van der Waals surface area contributed by atoms with Crippen LogP contribution in [-0.4, -0.2) is 18.1 Å². The van der Waals surface area contributed by atoms with Gasteiger partial charge in [-0.3, -0.25) is 10.1 Å². The fraction of sp³-hybridized carbons (Fsp3) is 0.400. The Balaban J connectivity index is 2.45. The molecule has 86 valence electrons. The Bertz CT molecular complexity index is 432. The second-order valence-corrected chi connectivity index (χ2v) is 4.59. The Morgan fingerprint density at radius 2 is 2.25 bits per heavy atom. The maximum absolute atomic E-state index is 10.9. The van der Waals surface area contributed by atoms with Crippen molar-refractivity contribution >= 4 is 27.3 Å². The number of halogens is 1. The standard InChI is InChI=1S/C10H11BrN2O3/c1-16-9-5-6(11)4-8(13(14)15)10(9)12-7-2-3-7/h4-5,7,12H,2-3H2,1H3. The number of benzene rings is 1. The summed E-state index contributed by atoms with van der Waals surface area (Å²) in [7, 11) is 1.50. The lowest BCUT2D eigenvalue weighted by Crippen LogP contribution is -2.06. The number of nitro groups is 1. The Morgan fingerprint density at radius 3 is 2.75 bits per heavy atom. The molecule has 6 heteroatoms. The van der Waals surface area contributed by atoms with Crippen LogP contribution >= 0.6 is 15.9 Å². The van der Waals surface area contributed by atoms with Crippen molar-refractivity contribution in [2.45, 2.75) is 18.9 Å². The molecule has 0 saturated heterocycles. The molecule has 1 N–H and O–H groups in total. The largest absolute Gasteiger partial charge is 0.494 e. The SMILES string of the molecule is COc1cc(Br)cc([N+](=O)[O-])c1NC1CC1. The van der Waals surface area contributed by atoms with E-state index in [-0.39, 0.29) is 5.69 Å². The predicted octanol–water partition coefficient (Wildman–Crippen LogP) is 2.94. The van der Waals surface area contributed by atoms with Crippen LogP contribution in [0, 0.1) is 10.1 Å². The molecule has 1 aliphatic rings. The molecule has 0 amide bonds. The van der Waals surface area contributed by atoms with Crippen molar-refractivity contribution < 1.29 is 9.66 Å². The minimum Gasteiger partial charge on any atom is -0.494 e. The van der Waals surface area contributed by atoms with Crippen LogP contribution in [0.4, 0.5) is 11.4 Å². The molecule has 0 atom stereocenters. The van der Waals surface area contributed by atoms with E-state index in [4.69, 9.17) is 4.74 Å². The fourth-order valence-corrected chi connectivity index (χ4v) is 1.87. The van der Waals surface area contributed by atoms with E-state index in [0.717, 1.165) is 12.8 Å². The van der Waals surface area contributed by atoms with Crippen LogP contribution in [0.1, 0.15) is 12.8 Å². The second-order valence-electron chi connectivity index (χ2n) is 3.68. The Hall–Kier alpha value is -1.30. The number of hydrogen-bond donors (Lipinski definition) is 1. The first-order valence-corrected chi connectivity index (χ1v) is 5.69. The van der Waals surface area contributed by atoms with Crippen molar-refractivity contribution in [2.24, 2.45) is 0 Å². The van der Waals surface area contributed by atoms with E-state index in [9.17, 15) is 10.1 Å². The van der Waals surface area contributed by atoms with Crippen LogP contribution in [0.3, 0.4) is 0 Å². The van der Waals surface area contributed by atoms with Crippen LogP contribution in [0.25, 0.3) is 0 Å². The molecule has 1 aromatic rings. The van der Waals surface area contributed by atoms with Gasteiger partial charge in [-0.1, -0.05) is 15.9 Å². The molecular weight excluding hydrogens is 276 g/mol. The van der Waals surface area contributed by atoms with E-state index in [1.165, 1.54) is 13.2 Å². The summed E-state index contributed by atoms with van der Waals surface area (Å²) in [5.74, 6) is 0.493. The summed E-state index contributed by atoms with van der Waals surface area (Å²) in [5, 5.41) is 14.1. The maximum atomic E-state index is 10.9. The van der Waals surface area contributed by atoms with Crippen molar-refractivity contribution in [2.75, 3.05) is 12.4 Å². The lowest BCUT2D eigenvalue weighted by molar-refractivity contribution is -0.384. The highest BCUT2D eigenvalue weighted by molar-refractivity contribution is 9.10. The Labute approximate surface area is 101 Å². The van der Waals surface area contributed by atoms with Gasteiger partial charge >= 0.3 is 0 Å². The number of anilines is 1. The first kappa shape index (κ1) is 11.2. The van der Waals surface area contributed by atoms with Crippen molar-refractivity contribution in [3.05, 3.63) is 26.7 Å². The molecule has 0 radical (unpaired) electrons. The smallest absolute Gasteiger partial charge is 0.297 e. The zero-order valence-electron chi connectivity index (χ0n) is 8.70. The summed E-state index contributed by atoms with van der Waals surface area (Å²) >= 11 is 3.23. The molecule has 0 unspecified atom stereocenters. The summed E-state index contributed by atoms with van der Waals surface area (Å²) in [6.07, 6.45) is 2.10. The van der Waals surface area contributed by atoms with E-state index >= 15 is 0 Å². The number of nitrogens with one attached hydrogen (secondary N) is 1. The lowest BCUT2D eigenvalue weighted by atomic mass is 10.2. The minimum atomic E-state index is -0.405. The lowest BCUT2D eigenvalue weighted by Gasteiger charge is -2.11. The van der Waals surface area contributed by atoms with Gasteiger partial charge in [-0.2, -0.15) is 0 Å². The third-order valence-corrected chi connectivity index (χ3v) is 2.85. The van der Waals surface area contributed by atoms with Crippen LogP contribution in [0.5, 0.6) is 5.75 Å². The summed E-state index contributed by atoms with van der Waals surface area (Å²) in [6.45, 7) is 0. The Morgan fingerprint density at radius 1 is 1.56 bits per heavy atom. The molecule has 2 rings (SSSR count). The van der Waals surface area contributed by atoms with Crippen molar-refractivity contribution in [3.8, 4) is 5.75 Å². The maximum Gasteiger partial charge on any atom is 0.297 e. The van der Waals surface area contributed by atoms with E-state index in [1.807, 2.05) is 0 Å². The molecule has 5 nitrogen and oxygen atoms in total. The summed E-state index contributed by atoms with van der Waals surface area (Å²) < 4.78 is 5.79. The minimum absolute atomic E-state index is 0.0399. The number of nitrogens with zero attached hydrogens (tertiary/aromatic N) is 1. The van der Waals surface area contributed by atoms with Gasteiger partial charge < -0.3 is 10.1 Å². The summed E-state index contributed by atoms with van der Waals surface area (Å²) in [4.78, 5) is 10.5. The molecule has 16 heavy (non-hydrogen) atoms. The van der Waals surface area contributed by atoms with Gasteiger partial charge in [0.05, 0.1) is 12.0 Å². The van der Waals surface area contributed by atoms with Crippen LogP contribution in [0.2, 0.25) is 0 Å². The predicted molar refractivity (Wildman–Crippen MR) is 64.0 cm³/mol. The molecule has 1 aliphatic carbocycles. The second kappa shape index (κ2) is 4.29. The van der Waals surface area contributed by atoms with Gasteiger partial charge in [0.1, 0.15) is 5.75 Å². The molecule has 1 aromatic carbocycles.